The lowest BCUT2D eigenvalue weighted by Crippen LogP contribution is -2.60. The molecule has 0 aromatic carbocycles. The van der Waals surface area contributed by atoms with E-state index in [9.17, 15) is 18.0 Å². The number of halogens is 3. The Kier molecular flexibility index (Phi) is 5.11. The van der Waals surface area contributed by atoms with Crippen molar-refractivity contribution >= 4 is 5.91 Å². The van der Waals surface area contributed by atoms with Crippen LogP contribution in [0.5, 0.6) is 0 Å². The minimum Gasteiger partial charge on any atom is -0.353 e. The Bertz CT molecular complexity index is 363. The van der Waals surface area contributed by atoms with Gasteiger partial charge in [0.2, 0.25) is 5.91 Å². The van der Waals surface area contributed by atoms with Crippen LogP contribution in [0.2, 0.25) is 0 Å². The van der Waals surface area contributed by atoms with Crippen molar-refractivity contribution < 1.29 is 18.0 Å². The summed E-state index contributed by atoms with van der Waals surface area (Å²) in [6, 6.07) is -1.64. The first-order chi connectivity index (χ1) is 9.83. The fraction of sp³-hybridized carbons (Fsp3) is 0.923. The molecular weight excluding hydrogens is 285 g/mol. The van der Waals surface area contributed by atoms with E-state index in [1.807, 2.05) is 0 Å². The minimum atomic E-state index is -4.36. The molecular formula is C13H23F3N4O. The molecule has 4 N–H and O–H groups in total. The predicted octanol–water partition coefficient (Wildman–Crippen LogP) is 0.210. The van der Waals surface area contributed by atoms with E-state index < -0.39 is 30.2 Å². The van der Waals surface area contributed by atoms with Crippen LogP contribution < -0.4 is 16.4 Å². The number of hydrogen-bond acceptors (Lipinski definition) is 4. The second-order valence-electron chi connectivity index (χ2n) is 5.92. The van der Waals surface area contributed by atoms with E-state index in [0.29, 0.717) is 39.0 Å². The molecule has 2 fully saturated rings. The Labute approximate surface area is 122 Å². The number of carbonyl (C=O) groups is 1. The number of alkyl halides is 3. The fourth-order valence-electron chi connectivity index (χ4n) is 3.04. The van der Waals surface area contributed by atoms with E-state index in [0.717, 1.165) is 12.8 Å². The molecule has 1 amide bonds. The number of rotatable bonds is 4. The van der Waals surface area contributed by atoms with Crippen molar-refractivity contribution in [3.63, 3.8) is 0 Å². The van der Waals surface area contributed by atoms with Crippen LogP contribution in [0.15, 0.2) is 0 Å². The molecule has 1 unspecified atom stereocenters. The molecule has 1 atom stereocenters. The summed E-state index contributed by atoms with van der Waals surface area (Å²) in [4.78, 5) is 13.4. The Balaban J connectivity index is 1.94. The van der Waals surface area contributed by atoms with E-state index >= 15 is 0 Å². The van der Waals surface area contributed by atoms with Crippen LogP contribution in [-0.2, 0) is 4.79 Å². The first-order valence-electron chi connectivity index (χ1n) is 7.42. The number of carbonyl (C=O) groups excluding carboxylic acids is 1. The maximum Gasteiger partial charge on any atom is 0.405 e. The molecule has 8 heteroatoms. The third-order valence-electron chi connectivity index (χ3n) is 4.37. The van der Waals surface area contributed by atoms with Gasteiger partial charge in [0.25, 0.3) is 0 Å². The number of amides is 1. The molecule has 21 heavy (non-hydrogen) atoms. The second-order valence-corrected chi connectivity index (χ2v) is 5.92. The number of nitrogens with zero attached hydrogens (tertiary/aromatic N) is 1. The normalized spacial score (nSPS) is 24.8. The highest BCUT2D eigenvalue weighted by Gasteiger charge is 2.45. The molecule has 122 valence electrons. The third-order valence-corrected chi connectivity index (χ3v) is 4.37. The highest BCUT2D eigenvalue weighted by atomic mass is 19.4. The second kappa shape index (κ2) is 6.50. The number of nitrogens with two attached hydrogens (primary N) is 1. The van der Waals surface area contributed by atoms with E-state index in [4.69, 9.17) is 5.73 Å². The van der Waals surface area contributed by atoms with Crippen LogP contribution in [0.4, 0.5) is 13.2 Å². The van der Waals surface area contributed by atoms with Crippen LogP contribution in [-0.4, -0.2) is 61.3 Å². The summed E-state index contributed by atoms with van der Waals surface area (Å²) in [7, 11) is 0. The van der Waals surface area contributed by atoms with E-state index in [1.54, 1.807) is 0 Å². The van der Waals surface area contributed by atoms with Crippen LogP contribution >= 0.6 is 0 Å². The Morgan fingerprint density at radius 1 is 1.29 bits per heavy atom. The first-order valence-corrected chi connectivity index (χ1v) is 7.42. The quantitative estimate of drug-likeness (QED) is 0.694. The SMILES string of the molecule is NC1(C(=O)NCC(N2CCNCC2)C(F)(F)F)CCCC1. The van der Waals surface area contributed by atoms with E-state index in [-0.39, 0.29) is 0 Å². The summed E-state index contributed by atoms with van der Waals surface area (Å²) < 4.78 is 39.5. The van der Waals surface area contributed by atoms with Crippen LogP contribution in [0.25, 0.3) is 0 Å². The zero-order valence-corrected chi connectivity index (χ0v) is 12.0. The molecule has 1 heterocycles. The fourth-order valence-corrected chi connectivity index (χ4v) is 3.04. The zero-order chi connectivity index (χ0) is 15.5. The van der Waals surface area contributed by atoms with Crippen molar-refractivity contribution in [1.82, 2.24) is 15.5 Å². The summed E-state index contributed by atoms with van der Waals surface area (Å²) in [5, 5.41) is 5.44. The number of piperazine rings is 1. The molecule has 2 aliphatic rings. The third kappa shape index (κ3) is 4.08. The predicted molar refractivity (Wildman–Crippen MR) is 72.7 cm³/mol. The molecule has 0 aromatic heterocycles. The number of hydrogen-bond donors (Lipinski definition) is 3. The molecule has 0 radical (unpaired) electrons. The van der Waals surface area contributed by atoms with Gasteiger partial charge in [0.1, 0.15) is 6.04 Å². The molecule has 1 saturated heterocycles. The van der Waals surface area contributed by atoms with Gasteiger partial charge in [0.05, 0.1) is 5.54 Å². The molecule has 1 aliphatic heterocycles. The van der Waals surface area contributed by atoms with Crippen LogP contribution in [0, 0.1) is 0 Å². The molecule has 0 spiro atoms. The summed E-state index contributed by atoms with van der Waals surface area (Å²) in [5.41, 5.74) is 4.97. The zero-order valence-electron chi connectivity index (χ0n) is 12.0. The van der Waals surface area contributed by atoms with Gasteiger partial charge in [0, 0.05) is 32.7 Å². The Hall–Kier alpha value is -0.860. The smallest absolute Gasteiger partial charge is 0.353 e. The van der Waals surface area contributed by atoms with Gasteiger partial charge in [-0.3, -0.25) is 9.69 Å². The van der Waals surface area contributed by atoms with Gasteiger partial charge in [-0.05, 0) is 12.8 Å². The average Bonchev–Trinajstić information content (AvgIpc) is 2.87. The molecule has 0 aromatic rings. The lowest BCUT2D eigenvalue weighted by molar-refractivity contribution is -0.184. The summed E-state index contributed by atoms with van der Waals surface area (Å²) >= 11 is 0. The van der Waals surface area contributed by atoms with Gasteiger partial charge in [-0.25, -0.2) is 0 Å². The van der Waals surface area contributed by atoms with Gasteiger partial charge in [-0.1, -0.05) is 12.8 Å². The Morgan fingerprint density at radius 3 is 2.38 bits per heavy atom. The van der Waals surface area contributed by atoms with E-state index in [1.165, 1.54) is 4.90 Å². The largest absolute Gasteiger partial charge is 0.405 e. The van der Waals surface area contributed by atoms with E-state index in [2.05, 4.69) is 10.6 Å². The number of nitrogens with one attached hydrogen (secondary N) is 2. The minimum absolute atomic E-state index is 0.327. The van der Waals surface area contributed by atoms with Crippen LogP contribution in [0.1, 0.15) is 25.7 Å². The summed E-state index contributed by atoms with van der Waals surface area (Å²) in [6.07, 6.45) is -1.57. The summed E-state index contributed by atoms with van der Waals surface area (Å²) in [5.74, 6) is -0.454. The maximum atomic E-state index is 13.2. The highest BCUT2D eigenvalue weighted by molar-refractivity contribution is 5.86. The van der Waals surface area contributed by atoms with Gasteiger partial charge >= 0.3 is 6.18 Å². The highest BCUT2D eigenvalue weighted by Crippen LogP contribution is 2.28. The lowest BCUT2D eigenvalue weighted by atomic mass is 9.98. The van der Waals surface area contributed by atoms with Crippen molar-refractivity contribution in [2.75, 3.05) is 32.7 Å². The molecule has 2 rings (SSSR count). The van der Waals surface area contributed by atoms with Gasteiger partial charge in [0.15, 0.2) is 0 Å². The van der Waals surface area contributed by atoms with Gasteiger partial charge in [-0.15, -0.1) is 0 Å². The van der Waals surface area contributed by atoms with Crippen molar-refractivity contribution in [3.8, 4) is 0 Å². The lowest BCUT2D eigenvalue weighted by Gasteiger charge is -2.36. The molecule has 1 aliphatic carbocycles. The standard InChI is InChI=1S/C13H23F3N4O/c14-13(15,16)10(20-7-5-18-6-8-20)9-19-11(21)12(17)3-1-2-4-12/h10,18H,1-9,17H2,(H,19,21). The van der Waals surface area contributed by atoms with Crippen molar-refractivity contribution in [2.24, 2.45) is 5.73 Å². The van der Waals surface area contributed by atoms with Crippen LogP contribution in [0.3, 0.4) is 0 Å². The molecule has 0 bridgehead atoms. The monoisotopic (exact) mass is 308 g/mol. The average molecular weight is 308 g/mol. The van der Waals surface area contributed by atoms with Gasteiger partial charge < -0.3 is 16.4 Å². The maximum absolute atomic E-state index is 13.2. The molecule has 5 nitrogen and oxygen atoms in total. The summed E-state index contributed by atoms with van der Waals surface area (Å²) in [6.45, 7) is 1.28. The Morgan fingerprint density at radius 2 is 1.86 bits per heavy atom. The van der Waals surface area contributed by atoms with Gasteiger partial charge in [-0.2, -0.15) is 13.2 Å². The van der Waals surface area contributed by atoms with Crippen molar-refractivity contribution in [1.29, 1.82) is 0 Å². The van der Waals surface area contributed by atoms with Crippen molar-refractivity contribution in [3.05, 3.63) is 0 Å². The van der Waals surface area contributed by atoms with Crippen molar-refractivity contribution in [2.45, 2.75) is 43.4 Å². The first kappa shape index (κ1) is 16.5. The molecule has 1 saturated carbocycles. The topological polar surface area (TPSA) is 70.4 Å².